The molecule has 3 aromatic rings. The number of halogens is 1. The Hall–Kier alpha value is -3.02. The Morgan fingerprint density at radius 1 is 1.09 bits per heavy atom. The van der Waals surface area contributed by atoms with Gasteiger partial charge in [-0.2, -0.15) is 5.10 Å². The van der Waals surface area contributed by atoms with E-state index in [1.807, 2.05) is 6.92 Å². The van der Waals surface area contributed by atoms with Gasteiger partial charge in [-0.05, 0) is 43.3 Å². The van der Waals surface area contributed by atoms with Crippen LogP contribution in [-0.4, -0.2) is 28.1 Å². The minimum Gasteiger partial charge on any atom is -0.311 e. The minimum atomic E-state index is -0.333. The summed E-state index contributed by atoms with van der Waals surface area (Å²) in [6.45, 7) is 1.83. The van der Waals surface area contributed by atoms with E-state index in [1.165, 1.54) is 17.0 Å². The lowest BCUT2D eigenvalue weighted by atomic mass is 10.1. The van der Waals surface area contributed by atoms with Gasteiger partial charge in [-0.3, -0.25) is 9.89 Å². The smallest absolute Gasteiger partial charge is 0.258 e. The molecule has 0 atom stereocenters. The average Bonchev–Trinajstić information content (AvgIpc) is 3.01. The largest absolute Gasteiger partial charge is 0.311 e. The van der Waals surface area contributed by atoms with E-state index in [4.69, 9.17) is 0 Å². The highest BCUT2D eigenvalue weighted by atomic mass is 19.1. The summed E-state index contributed by atoms with van der Waals surface area (Å²) in [6.07, 6.45) is 0. The third-order valence-electron chi connectivity index (χ3n) is 3.51. The molecule has 6 heteroatoms. The number of H-pyrrole nitrogens is 1. The zero-order chi connectivity index (χ0) is 16.4. The van der Waals surface area contributed by atoms with Crippen LogP contribution in [0.25, 0.3) is 11.4 Å². The molecule has 1 amide bonds. The minimum absolute atomic E-state index is 0.172. The summed E-state index contributed by atoms with van der Waals surface area (Å²) in [6, 6.07) is 12.8. The van der Waals surface area contributed by atoms with Crippen molar-refractivity contribution in [3.05, 3.63) is 65.7 Å². The van der Waals surface area contributed by atoms with Crippen LogP contribution in [0.5, 0.6) is 0 Å². The lowest BCUT2D eigenvalue weighted by Gasteiger charge is -2.17. The number of anilines is 1. The maximum absolute atomic E-state index is 13.0. The predicted octanol–water partition coefficient (Wildman–Crippen LogP) is 3.20. The molecular weight excluding hydrogens is 295 g/mol. The van der Waals surface area contributed by atoms with Gasteiger partial charge in [0.05, 0.1) is 0 Å². The Bertz CT molecular complexity index is 825. The SMILES string of the molecule is Cc1nc(-c2ccc(C(=O)N(C)c3ccc(F)cc3)cc2)n[nH]1. The Morgan fingerprint density at radius 2 is 1.74 bits per heavy atom. The van der Waals surface area contributed by atoms with Crippen molar-refractivity contribution >= 4 is 11.6 Å². The van der Waals surface area contributed by atoms with Gasteiger partial charge >= 0.3 is 0 Å². The fourth-order valence-electron chi connectivity index (χ4n) is 2.21. The van der Waals surface area contributed by atoms with Crippen LogP contribution in [0.1, 0.15) is 16.2 Å². The van der Waals surface area contributed by atoms with E-state index >= 15 is 0 Å². The second kappa shape index (κ2) is 6.00. The highest BCUT2D eigenvalue weighted by Crippen LogP contribution is 2.19. The number of hydrogen-bond donors (Lipinski definition) is 1. The van der Waals surface area contributed by atoms with Crippen LogP contribution in [-0.2, 0) is 0 Å². The monoisotopic (exact) mass is 310 g/mol. The van der Waals surface area contributed by atoms with E-state index in [9.17, 15) is 9.18 Å². The molecular formula is C17H15FN4O. The zero-order valence-electron chi connectivity index (χ0n) is 12.7. The summed E-state index contributed by atoms with van der Waals surface area (Å²) in [5, 5.41) is 6.87. The molecule has 0 bridgehead atoms. The van der Waals surface area contributed by atoms with Gasteiger partial charge in [-0.1, -0.05) is 12.1 Å². The summed E-state index contributed by atoms with van der Waals surface area (Å²) in [7, 11) is 1.65. The first-order valence-electron chi connectivity index (χ1n) is 7.07. The second-order valence-corrected chi connectivity index (χ2v) is 5.16. The van der Waals surface area contributed by atoms with Crippen molar-refractivity contribution in [2.75, 3.05) is 11.9 Å². The third-order valence-corrected chi connectivity index (χ3v) is 3.51. The number of nitrogens with zero attached hydrogens (tertiary/aromatic N) is 3. The lowest BCUT2D eigenvalue weighted by Crippen LogP contribution is -2.26. The number of carbonyl (C=O) groups is 1. The number of aryl methyl sites for hydroxylation is 1. The number of aromatic amines is 1. The number of hydrogen-bond acceptors (Lipinski definition) is 3. The summed E-state index contributed by atoms with van der Waals surface area (Å²) in [5.74, 6) is 0.819. The first-order chi connectivity index (χ1) is 11.0. The standard InChI is InChI=1S/C17H15FN4O/c1-11-19-16(21-20-11)12-3-5-13(6-4-12)17(23)22(2)15-9-7-14(18)8-10-15/h3-10H,1-2H3,(H,19,20,21). The molecule has 3 rings (SSSR count). The van der Waals surface area contributed by atoms with Crippen molar-refractivity contribution in [2.24, 2.45) is 0 Å². The highest BCUT2D eigenvalue weighted by molar-refractivity contribution is 6.05. The third kappa shape index (κ3) is 3.11. The molecule has 116 valence electrons. The molecule has 1 aromatic heterocycles. The number of benzene rings is 2. The highest BCUT2D eigenvalue weighted by Gasteiger charge is 2.14. The van der Waals surface area contributed by atoms with Crippen molar-refractivity contribution in [1.82, 2.24) is 15.2 Å². The van der Waals surface area contributed by atoms with Gasteiger partial charge < -0.3 is 4.90 Å². The van der Waals surface area contributed by atoms with Crippen molar-refractivity contribution in [3.63, 3.8) is 0 Å². The van der Waals surface area contributed by atoms with Crippen molar-refractivity contribution in [2.45, 2.75) is 6.92 Å². The van der Waals surface area contributed by atoms with Gasteiger partial charge in [0, 0.05) is 23.9 Å². The van der Waals surface area contributed by atoms with E-state index in [-0.39, 0.29) is 11.7 Å². The van der Waals surface area contributed by atoms with Crippen LogP contribution in [0.2, 0.25) is 0 Å². The van der Waals surface area contributed by atoms with Gasteiger partial charge in [0.2, 0.25) is 0 Å². The fraction of sp³-hybridized carbons (Fsp3) is 0.118. The molecule has 2 aromatic carbocycles. The summed E-state index contributed by atoms with van der Waals surface area (Å²) < 4.78 is 13.0. The quantitative estimate of drug-likeness (QED) is 0.808. The Labute approximate surface area is 132 Å². The summed E-state index contributed by atoms with van der Waals surface area (Å²) in [4.78, 5) is 18.2. The summed E-state index contributed by atoms with van der Waals surface area (Å²) >= 11 is 0. The molecule has 0 fully saturated rings. The first-order valence-corrected chi connectivity index (χ1v) is 7.07. The Balaban J connectivity index is 1.81. The van der Waals surface area contributed by atoms with Gasteiger partial charge in [0.15, 0.2) is 5.82 Å². The second-order valence-electron chi connectivity index (χ2n) is 5.16. The lowest BCUT2D eigenvalue weighted by molar-refractivity contribution is 0.0993. The zero-order valence-corrected chi connectivity index (χ0v) is 12.7. The fourth-order valence-corrected chi connectivity index (χ4v) is 2.21. The van der Waals surface area contributed by atoms with Crippen LogP contribution >= 0.6 is 0 Å². The van der Waals surface area contributed by atoms with Gasteiger partial charge in [-0.25, -0.2) is 9.37 Å². The number of rotatable bonds is 3. The van der Waals surface area contributed by atoms with Crippen LogP contribution in [0, 0.1) is 12.7 Å². The molecule has 0 radical (unpaired) electrons. The molecule has 0 aliphatic carbocycles. The van der Waals surface area contributed by atoms with Crippen LogP contribution in [0.15, 0.2) is 48.5 Å². The van der Waals surface area contributed by atoms with Crippen LogP contribution in [0.3, 0.4) is 0 Å². The number of nitrogens with one attached hydrogen (secondary N) is 1. The number of aromatic nitrogens is 3. The number of amides is 1. The molecule has 0 aliphatic heterocycles. The van der Waals surface area contributed by atoms with E-state index in [0.717, 1.165) is 11.4 Å². The molecule has 0 spiro atoms. The molecule has 0 saturated carbocycles. The average molecular weight is 310 g/mol. The molecule has 1 heterocycles. The maximum Gasteiger partial charge on any atom is 0.258 e. The molecule has 23 heavy (non-hydrogen) atoms. The Morgan fingerprint density at radius 3 is 2.30 bits per heavy atom. The van der Waals surface area contributed by atoms with E-state index in [0.29, 0.717) is 17.1 Å². The van der Waals surface area contributed by atoms with Crippen LogP contribution in [0.4, 0.5) is 10.1 Å². The molecule has 0 saturated heterocycles. The molecule has 5 nitrogen and oxygen atoms in total. The predicted molar refractivity (Wildman–Crippen MR) is 85.7 cm³/mol. The van der Waals surface area contributed by atoms with Gasteiger partial charge in [0.1, 0.15) is 11.6 Å². The van der Waals surface area contributed by atoms with E-state index < -0.39 is 0 Å². The Kier molecular flexibility index (Phi) is 3.89. The van der Waals surface area contributed by atoms with Crippen molar-refractivity contribution in [3.8, 4) is 11.4 Å². The van der Waals surface area contributed by atoms with Crippen molar-refractivity contribution < 1.29 is 9.18 Å². The van der Waals surface area contributed by atoms with E-state index in [1.54, 1.807) is 43.4 Å². The van der Waals surface area contributed by atoms with Gasteiger partial charge in [0.25, 0.3) is 5.91 Å². The molecule has 0 aliphatic rings. The summed E-state index contributed by atoms with van der Waals surface area (Å²) in [5.41, 5.74) is 1.99. The topological polar surface area (TPSA) is 61.9 Å². The van der Waals surface area contributed by atoms with E-state index in [2.05, 4.69) is 15.2 Å². The normalized spacial score (nSPS) is 10.6. The van der Waals surface area contributed by atoms with Gasteiger partial charge in [-0.15, -0.1) is 0 Å². The molecule has 0 unspecified atom stereocenters. The maximum atomic E-state index is 13.0. The number of carbonyl (C=O) groups excluding carboxylic acids is 1. The van der Waals surface area contributed by atoms with Crippen LogP contribution < -0.4 is 4.90 Å². The first kappa shape index (κ1) is 14.9. The molecule has 1 N–H and O–H groups in total. The van der Waals surface area contributed by atoms with Crippen molar-refractivity contribution in [1.29, 1.82) is 0 Å².